The Hall–Kier alpha value is -1.59. The van der Waals surface area contributed by atoms with Crippen molar-refractivity contribution in [2.75, 3.05) is 46.5 Å². The van der Waals surface area contributed by atoms with Gasteiger partial charge in [-0.15, -0.1) is 0 Å². The number of amides is 1. The molecule has 1 aromatic rings. The molecule has 5 heteroatoms. The van der Waals surface area contributed by atoms with Gasteiger partial charge in [-0.25, -0.2) is 0 Å². The van der Waals surface area contributed by atoms with E-state index < -0.39 is 0 Å². The first kappa shape index (κ1) is 17.8. The molecule has 4 rings (SSSR count). The van der Waals surface area contributed by atoms with Crippen molar-refractivity contribution in [2.45, 2.75) is 32.2 Å². The molecule has 3 aliphatic rings. The lowest BCUT2D eigenvalue weighted by molar-refractivity contribution is -0.139. The van der Waals surface area contributed by atoms with Crippen LogP contribution in [0.25, 0.3) is 0 Å². The summed E-state index contributed by atoms with van der Waals surface area (Å²) in [5.74, 6) is 1.41. The predicted molar refractivity (Wildman–Crippen MR) is 100 cm³/mol. The molecule has 1 aromatic carbocycles. The summed E-state index contributed by atoms with van der Waals surface area (Å²) >= 11 is 0. The van der Waals surface area contributed by atoms with Crippen LogP contribution in [-0.2, 0) is 16.1 Å². The van der Waals surface area contributed by atoms with E-state index in [-0.39, 0.29) is 11.3 Å². The van der Waals surface area contributed by atoms with Crippen molar-refractivity contribution >= 4 is 5.91 Å². The van der Waals surface area contributed by atoms with E-state index in [0.29, 0.717) is 5.91 Å². The molecule has 3 saturated heterocycles. The summed E-state index contributed by atoms with van der Waals surface area (Å²) in [4.78, 5) is 17.8. The Kier molecular flexibility index (Phi) is 5.18. The van der Waals surface area contributed by atoms with E-state index in [4.69, 9.17) is 9.47 Å². The maximum atomic E-state index is 13.2. The summed E-state index contributed by atoms with van der Waals surface area (Å²) in [6.45, 7) is 6.26. The first-order chi connectivity index (χ1) is 12.7. The fourth-order valence-electron chi connectivity index (χ4n) is 4.96. The van der Waals surface area contributed by atoms with Crippen LogP contribution in [0.15, 0.2) is 24.3 Å². The van der Waals surface area contributed by atoms with Gasteiger partial charge in [-0.05, 0) is 43.4 Å². The van der Waals surface area contributed by atoms with Crippen molar-refractivity contribution in [1.82, 2.24) is 9.80 Å². The SMILES string of the molecule is COc1ccc(CN2C[C@H](C(=O)N3CCCC3)C3(CCOCC3)C2)cc1. The van der Waals surface area contributed by atoms with Crippen molar-refractivity contribution in [2.24, 2.45) is 11.3 Å². The van der Waals surface area contributed by atoms with Gasteiger partial charge in [0, 0.05) is 51.4 Å². The van der Waals surface area contributed by atoms with Gasteiger partial charge in [-0.1, -0.05) is 12.1 Å². The van der Waals surface area contributed by atoms with Gasteiger partial charge in [0.1, 0.15) is 5.75 Å². The minimum absolute atomic E-state index is 0.102. The van der Waals surface area contributed by atoms with Gasteiger partial charge < -0.3 is 14.4 Å². The number of hydrogen-bond acceptors (Lipinski definition) is 4. The van der Waals surface area contributed by atoms with Crippen LogP contribution < -0.4 is 4.74 Å². The van der Waals surface area contributed by atoms with Crippen molar-refractivity contribution in [1.29, 1.82) is 0 Å². The predicted octanol–water partition coefficient (Wildman–Crippen LogP) is 2.55. The number of methoxy groups -OCH3 is 1. The molecule has 3 aliphatic heterocycles. The zero-order chi connectivity index (χ0) is 18.0. The monoisotopic (exact) mass is 358 g/mol. The molecule has 0 radical (unpaired) electrons. The standard InChI is InChI=1S/C21H30N2O3/c1-25-18-6-4-17(5-7-18)14-22-15-19(20(24)23-10-2-3-11-23)21(16-22)8-12-26-13-9-21/h4-7,19H,2-3,8-16H2,1H3/t19-/m1/s1. The molecule has 0 unspecified atom stereocenters. The molecule has 3 heterocycles. The average Bonchev–Trinajstić information content (AvgIpc) is 3.31. The Morgan fingerprint density at radius 2 is 1.88 bits per heavy atom. The highest BCUT2D eigenvalue weighted by Gasteiger charge is 2.51. The smallest absolute Gasteiger partial charge is 0.227 e. The van der Waals surface area contributed by atoms with Crippen molar-refractivity contribution < 1.29 is 14.3 Å². The molecular weight excluding hydrogens is 328 g/mol. The van der Waals surface area contributed by atoms with Gasteiger partial charge in [-0.2, -0.15) is 0 Å². The molecule has 0 N–H and O–H groups in total. The molecule has 1 amide bonds. The molecule has 0 aliphatic carbocycles. The maximum Gasteiger partial charge on any atom is 0.227 e. The van der Waals surface area contributed by atoms with Gasteiger partial charge in [0.25, 0.3) is 0 Å². The van der Waals surface area contributed by atoms with E-state index >= 15 is 0 Å². The molecule has 142 valence electrons. The molecule has 1 spiro atoms. The van der Waals surface area contributed by atoms with Crippen LogP contribution in [-0.4, -0.2) is 62.2 Å². The third kappa shape index (κ3) is 3.47. The van der Waals surface area contributed by atoms with Gasteiger partial charge in [-0.3, -0.25) is 9.69 Å². The number of rotatable bonds is 4. The molecule has 0 bridgehead atoms. The highest BCUT2D eigenvalue weighted by molar-refractivity contribution is 5.80. The van der Waals surface area contributed by atoms with E-state index in [1.165, 1.54) is 5.56 Å². The van der Waals surface area contributed by atoms with E-state index in [1.54, 1.807) is 7.11 Å². The molecule has 0 saturated carbocycles. The molecule has 0 aromatic heterocycles. The lowest BCUT2D eigenvalue weighted by atomic mass is 9.71. The van der Waals surface area contributed by atoms with Crippen molar-refractivity contribution in [3.63, 3.8) is 0 Å². The minimum Gasteiger partial charge on any atom is -0.497 e. The Morgan fingerprint density at radius 1 is 1.19 bits per heavy atom. The van der Waals surface area contributed by atoms with E-state index in [0.717, 1.165) is 77.4 Å². The second-order valence-electron chi connectivity index (χ2n) is 8.08. The number of likely N-dealkylation sites (tertiary alicyclic amines) is 2. The van der Waals surface area contributed by atoms with Crippen molar-refractivity contribution in [3.05, 3.63) is 29.8 Å². The summed E-state index contributed by atoms with van der Waals surface area (Å²) in [5, 5.41) is 0. The Labute approximate surface area is 156 Å². The maximum absolute atomic E-state index is 13.2. The summed E-state index contributed by atoms with van der Waals surface area (Å²) < 4.78 is 10.9. The van der Waals surface area contributed by atoms with Crippen LogP contribution in [0, 0.1) is 11.3 Å². The summed E-state index contributed by atoms with van der Waals surface area (Å²) in [5.41, 5.74) is 1.38. The van der Waals surface area contributed by atoms with Crippen LogP contribution in [0.1, 0.15) is 31.2 Å². The summed E-state index contributed by atoms with van der Waals surface area (Å²) in [6, 6.07) is 8.29. The zero-order valence-electron chi connectivity index (χ0n) is 15.8. The highest BCUT2D eigenvalue weighted by atomic mass is 16.5. The lowest BCUT2D eigenvalue weighted by Crippen LogP contribution is -2.45. The van der Waals surface area contributed by atoms with E-state index in [1.807, 2.05) is 12.1 Å². The van der Waals surface area contributed by atoms with Crippen LogP contribution in [0.4, 0.5) is 0 Å². The first-order valence-electron chi connectivity index (χ1n) is 9.92. The third-order valence-electron chi connectivity index (χ3n) is 6.49. The Bertz CT molecular complexity index is 619. The van der Waals surface area contributed by atoms with Gasteiger partial charge >= 0.3 is 0 Å². The largest absolute Gasteiger partial charge is 0.497 e. The average molecular weight is 358 g/mol. The number of ether oxygens (including phenoxy) is 2. The Balaban J connectivity index is 1.49. The first-order valence-corrected chi connectivity index (χ1v) is 9.92. The number of benzene rings is 1. The van der Waals surface area contributed by atoms with Crippen molar-refractivity contribution in [3.8, 4) is 5.75 Å². The van der Waals surface area contributed by atoms with Crippen LogP contribution in [0.2, 0.25) is 0 Å². The molecule has 1 atom stereocenters. The number of hydrogen-bond donors (Lipinski definition) is 0. The second kappa shape index (κ2) is 7.57. The number of carbonyl (C=O) groups is 1. The summed E-state index contributed by atoms with van der Waals surface area (Å²) in [6.07, 6.45) is 4.33. The van der Waals surface area contributed by atoms with Crippen LogP contribution >= 0.6 is 0 Å². The fraction of sp³-hybridized carbons (Fsp3) is 0.667. The fourth-order valence-corrected chi connectivity index (χ4v) is 4.96. The quantitative estimate of drug-likeness (QED) is 0.830. The lowest BCUT2D eigenvalue weighted by Gasteiger charge is -2.38. The molecule has 5 nitrogen and oxygen atoms in total. The third-order valence-corrected chi connectivity index (χ3v) is 6.49. The molecule has 3 fully saturated rings. The van der Waals surface area contributed by atoms with Crippen LogP contribution in [0.3, 0.4) is 0 Å². The molecule has 26 heavy (non-hydrogen) atoms. The second-order valence-corrected chi connectivity index (χ2v) is 8.08. The van der Waals surface area contributed by atoms with E-state index in [2.05, 4.69) is 21.9 Å². The van der Waals surface area contributed by atoms with Gasteiger partial charge in [0.15, 0.2) is 0 Å². The molecular formula is C21H30N2O3. The van der Waals surface area contributed by atoms with Gasteiger partial charge in [0.05, 0.1) is 13.0 Å². The number of carbonyl (C=O) groups excluding carboxylic acids is 1. The normalized spacial score (nSPS) is 25.7. The van der Waals surface area contributed by atoms with E-state index in [9.17, 15) is 4.79 Å². The topological polar surface area (TPSA) is 42.0 Å². The highest BCUT2D eigenvalue weighted by Crippen LogP contribution is 2.45. The summed E-state index contributed by atoms with van der Waals surface area (Å²) in [7, 11) is 1.69. The zero-order valence-corrected chi connectivity index (χ0v) is 15.8. The van der Waals surface area contributed by atoms with Gasteiger partial charge in [0.2, 0.25) is 5.91 Å². The van der Waals surface area contributed by atoms with Crippen LogP contribution in [0.5, 0.6) is 5.75 Å². The number of nitrogens with zero attached hydrogens (tertiary/aromatic N) is 2. The minimum atomic E-state index is 0.102. The Morgan fingerprint density at radius 3 is 2.54 bits per heavy atom.